The maximum atomic E-state index is 13.2. The van der Waals surface area contributed by atoms with Gasteiger partial charge in [0.1, 0.15) is 5.69 Å². The number of carbonyl (C=O) groups excluding carboxylic acids is 2. The molecule has 126 valence electrons. The molecular weight excluding hydrogens is 325 g/mol. The summed E-state index contributed by atoms with van der Waals surface area (Å²) in [6, 6.07) is 7.25. The van der Waals surface area contributed by atoms with Crippen molar-refractivity contribution in [3.05, 3.63) is 65.5 Å². The van der Waals surface area contributed by atoms with E-state index in [0.717, 1.165) is 12.3 Å². The van der Waals surface area contributed by atoms with E-state index in [1.54, 1.807) is 6.07 Å². The number of halogens is 3. The zero-order chi connectivity index (χ0) is 17.7. The summed E-state index contributed by atoms with van der Waals surface area (Å²) < 4.78 is 44.1. The molecule has 2 rings (SSSR count). The van der Waals surface area contributed by atoms with Crippen molar-refractivity contribution >= 4 is 11.9 Å². The molecule has 2 aromatic rings. The van der Waals surface area contributed by atoms with Crippen LogP contribution in [-0.2, 0) is 4.74 Å². The maximum absolute atomic E-state index is 13.2. The number of esters is 1. The second-order valence-electron chi connectivity index (χ2n) is 4.78. The van der Waals surface area contributed by atoms with Crippen molar-refractivity contribution in [1.29, 1.82) is 0 Å². The van der Waals surface area contributed by atoms with Gasteiger partial charge in [0.25, 0.3) is 5.91 Å². The summed E-state index contributed by atoms with van der Waals surface area (Å²) in [7, 11) is 1.18. The molecule has 0 unspecified atom stereocenters. The Hall–Kier alpha value is -2.90. The van der Waals surface area contributed by atoms with Crippen LogP contribution in [0.1, 0.15) is 32.5 Å². The van der Waals surface area contributed by atoms with Gasteiger partial charge in [-0.2, -0.15) is 13.2 Å². The predicted molar refractivity (Wildman–Crippen MR) is 78.3 cm³/mol. The van der Waals surface area contributed by atoms with Crippen molar-refractivity contribution in [3.8, 4) is 0 Å². The number of pyridine rings is 1. The lowest BCUT2D eigenvalue weighted by atomic mass is 10.1. The van der Waals surface area contributed by atoms with E-state index >= 15 is 0 Å². The third-order valence-electron chi connectivity index (χ3n) is 3.15. The largest absolute Gasteiger partial charge is 0.465 e. The Balaban J connectivity index is 2.21. The Bertz CT molecular complexity index is 716. The first-order valence-corrected chi connectivity index (χ1v) is 6.80. The Morgan fingerprint density at radius 3 is 2.29 bits per heavy atom. The molecule has 1 aromatic carbocycles. The number of methoxy groups -OCH3 is 1. The summed E-state index contributed by atoms with van der Waals surface area (Å²) in [4.78, 5) is 27.0. The van der Waals surface area contributed by atoms with Crippen molar-refractivity contribution in [2.75, 3.05) is 7.11 Å². The summed E-state index contributed by atoms with van der Waals surface area (Å²) in [5.74, 6) is -1.66. The number of rotatable bonds is 4. The van der Waals surface area contributed by atoms with Crippen LogP contribution in [0.4, 0.5) is 13.2 Å². The Morgan fingerprint density at radius 1 is 1.12 bits per heavy atom. The molecule has 1 amide bonds. The van der Waals surface area contributed by atoms with E-state index in [-0.39, 0.29) is 16.8 Å². The van der Waals surface area contributed by atoms with Gasteiger partial charge < -0.3 is 10.1 Å². The maximum Gasteiger partial charge on any atom is 0.412 e. The van der Waals surface area contributed by atoms with Gasteiger partial charge >= 0.3 is 12.1 Å². The normalized spacial score (nSPS) is 12.3. The molecule has 0 aliphatic rings. The zero-order valence-electron chi connectivity index (χ0n) is 12.5. The van der Waals surface area contributed by atoms with Gasteiger partial charge in [0.05, 0.1) is 12.7 Å². The molecule has 0 bridgehead atoms. The fraction of sp³-hybridized carbons (Fsp3) is 0.188. The number of carbonyl (C=O) groups is 2. The third-order valence-corrected chi connectivity index (χ3v) is 3.15. The quantitative estimate of drug-likeness (QED) is 0.871. The van der Waals surface area contributed by atoms with E-state index < -0.39 is 24.1 Å². The highest BCUT2D eigenvalue weighted by atomic mass is 19.4. The SMILES string of the molecule is COC(=O)c1ccc(C(=O)N[C@@H](c2ccccc2)C(F)(F)F)nc1. The Morgan fingerprint density at radius 2 is 1.79 bits per heavy atom. The molecule has 0 fully saturated rings. The standard InChI is InChI=1S/C16H13F3N2O3/c1-24-15(23)11-7-8-12(20-9-11)14(22)21-13(16(17,18)19)10-5-3-2-4-6-10/h2-9,13H,1H3,(H,21,22)/t13-/m0/s1. The zero-order valence-corrected chi connectivity index (χ0v) is 12.5. The first-order chi connectivity index (χ1) is 11.3. The van der Waals surface area contributed by atoms with E-state index in [9.17, 15) is 22.8 Å². The highest BCUT2D eigenvalue weighted by Gasteiger charge is 2.42. The molecule has 8 heteroatoms. The minimum atomic E-state index is -4.66. The monoisotopic (exact) mass is 338 g/mol. The van der Waals surface area contributed by atoms with Crippen molar-refractivity contribution in [1.82, 2.24) is 10.3 Å². The Labute approximate surface area is 135 Å². The lowest BCUT2D eigenvalue weighted by Gasteiger charge is -2.21. The topological polar surface area (TPSA) is 68.3 Å². The lowest BCUT2D eigenvalue weighted by Crippen LogP contribution is -2.38. The molecular formula is C16H13F3N2O3. The van der Waals surface area contributed by atoms with Gasteiger partial charge in [0.2, 0.25) is 0 Å². The Kier molecular flexibility index (Phi) is 5.18. The number of alkyl halides is 3. The molecule has 0 radical (unpaired) electrons. The number of hydrogen-bond donors (Lipinski definition) is 1. The van der Waals surface area contributed by atoms with Gasteiger partial charge in [-0.15, -0.1) is 0 Å². The first kappa shape index (κ1) is 17.5. The third kappa shape index (κ3) is 4.09. The van der Waals surface area contributed by atoms with Crippen molar-refractivity contribution in [3.63, 3.8) is 0 Å². The smallest absolute Gasteiger partial charge is 0.412 e. The van der Waals surface area contributed by atoms with Gasteiger partial charge in [0, 0.05) is 6.20 Å². The molecule has 0 spiro atoms. The summed E-state index contributed by atoms with van der Waals surface area (Å²) in [5.41, 5.74) is -0.248. The first-order valence-electron chi connectivity index (χ1n) is 6.80. The van der Waals surface area contributed by atoms with Crippen LogP contribution in [0.3, 0.4) is 0 Å². The predicted octanol–water partition coefficient (Wildman–Crippen LogP) is 2.90. The number of amides is 1. The van der Waals surface area contributed by atoms with Crippen LogP contribution in [0.25, 0.3) is 0 Å². The second-order valence-corrected chi connectivity index (χ2v) is 4.78. The van der Waals surface area contributed by atoms with Crippen molar-refractivity contribution in [2.24, 2.45) is 0 Å². The summed E-state index contributed by atoms with van der Waals surface area (Å²) in [5, 5.41) is 1.91. The number of benzene rings is 1. The van der Waals surface area contributed by atoms with E-state index in [1.165, 1.54) is 37.4 Å². The average molecular weight is 338 g/mol. The molecule has 24 heavy (non-hydrogen) atoms. The summed E-state index contributed by atoms with van der Waals surface area (Å²) in [6.45, 7) is 0. The molecule has 1 aromatic heterocycles. The van der Waals surface area contributed by atoms with Crippen LogP contribution in [0, 0.1) is 0 Å². The second kappa shape index (κ2) is 7.12. The minimum absolute atomic E-state index is 0.0875. The molecule has 1 heterocycles. The van der Waals surface area contributed by atoms with Crippen LogP contribution in [0.2, 0.25) is 0 Å². The molecule has 0 aliphatic carbocycles. The molecule has 1 atom stereocenters. The van der Waals surface area contributed by atoms with Crippen LogP contribution in [0.15, 0.2) is 48.7 Å². The minimum Gasteiger partial charge on any atom is -0.465 e. The molecule has 0 saturated heterocycles. The van der Waals surface area contributed by atoms with Gasteiger partial charge in [-0.05, 0) is 17.7 Å². The molecule has 0 saturated carbocycles. The fourth-order valence-corrected chi connectivity index (χ4v) is 1.97. The fourth-order valence-electron chi connectivity index (χ4n) is 1.97. The van der Waals surface area contributed by atoms with Gasteiger partial charge in [-0.3, -0.25) is 9.78 Å². The van der Waals surface area contributed by atoms with Crippen LogP contribution >= 0.6 is 0 Å². The average Bonchev–Trinajstić information content (AvgIpc) is 2.58. The lowest BCUT2D eigenvalue weighted by molar-refractivity contribution is -0.155. The van der Waals surface area contributed by atoms with Crippen LogP contribution < -0.4 is 5.32 Å². The van der Waals surface area contributed by atoms with Gasteiger partial charge in [-0.1, -0.05) is 30.3 Å². The highest BCUT2D eigenvalue weighted by Crippen LogP contribution is 2.32. The molecule has 1 N–H and O–H groups in total. The van der Waals surface area contributed by atoms with Crippen molar-refractivity contribution in [2.45, 2.75) is 12.2 Å². The highest BCUT2D eigenvalue weighted by molar-refractivity contribution is 5.94. The number of aromatic nitrogens is 1. The van der Waals surface area contributed by atoms with E-state index in [1.807, 2.05) is 5.32 Å². The number of ether oxygens (including phenoxy) is 1. The van der Waals surface area contributed by atoms with Gasteiger partial charge in [0.15, 0.2) is 6.04 Å². The number of nitrogens with one attached hydrogen (secondary N) is 1. The van der Waals surface area contributed by atoms with E-state index in [4.69, 9.17) is 0 Å². The number of nitrogens with zero attached hydrogens (tertiary/aromatic N) is 1. The van der Waals surface area contributed by atoms with Crippen molar-refractivity contribution < 1.29 is 27.5 Å². The van der Waals surface area contributed by atoms with E-state index in [2.05, 4.69) is 9.72 Å². The van der Waals surface area contributed by atoms with Crippen LogP contribution in [0.5, 0.6) is 0 Å². The van der Waals surface area contributed by atoms with E-state index in [0.29, 0.717) is 0 Å². The number of hydrogen-bond acceptors (Lipinski definition) is 4. The molecule has 0 aliphatic heterocycles. The summed E-state index contributed by atoms with van der Waals surface area (Å²) in [6.07, 6.45) is -3.60. The van der Waals surface area contributed by atoms with Crippen LogP contribution in [-0.4, -0.2) is 30.1 Å². The summed E-state index contributed by atoms with van der Waals surface area (Å²) >= 11 is 0. The molecule has 5 nitrogen and oxygen atoms in total. The van der Waals surface area contributed by atoms with Gasteiger partial charge in [-0.25, -0.2) is 4.79 Å².